The van der Waals surface area contributed by atoms with E-state index < -0.39 is 0 Å². The standard InChI is InChI=1S/C9H6Br2O3.2C9H7BrO3.C9H8O3/c10-6-2-4-1-5(12)3-14-9(4)7(11)8(6)13;10-7-2-5-1-6(11)4-13-9(5)3-8(7)12;10-8-7(12)2-1-5-3-6(11)4-13-9(5)8;10-7-2-1-6-3-8(11)5-12-9(6)4-7/h2,13H,1,3H2;2-3,12H,1,4H2;1-2,12H,3-4H2;1-2,4,10H,3,5H2. The minimum atomic E-state index is 0.0435. The summed E-state index contributed by atoms with van der Waals surface area (Å²) in [6.45, 7) is 0.395. The van der Waals surface area contributed by atoms with Gasteiger partial charge in [-0.15, -0.1) is 0 Å². The Balaban J connectivity index is 0.000000134. The Labute approximate surface area is 330 Å². The fourth-order valence-corrected chi connectivity index (χ4v) is 7.38. The predicted molar refractivity (Wildman–Crippen MR) is 200 cm³/mol. The number of Topliss-reactive ketones (excluding diaryl/α,β-unsaturated/α-hetero) is 4. The Bertz CT molecular complexity index is 2070. The molecule has 0 spiro atoms. The molecule has 0 radical (unpaired) electrons. The second kappa shape index (κ2) is 17.1. The molecule has 0 bridgehead atoms. The lowest BCUT2D eigenvalue weighted by molar-refractivity contribution is -0.122. The normalized spacial score (nSPS) is 15.0. The Hall–Kier alpha value is -4.12. The van der Waals surface area contributed by atoms with Gasteiger partial charge in [0.05, 0.1) is 8.95 Å². The van der Waals surface area contributed by atoms with Crippen LogP contribution in [0.25, 0.3) is 0 Å². The molecule has 8 rings (SSSR count). The van der Waals surface area contributed by atoms with Gasteiger partial charge >= 0.3 is 0 Å². The maximum atomic E-state index is 11.1. The van der Waals surface area contributed by atoms with Gasteiger partial charge in [0.15, 0.2) is 23.1 Å². The first-order valence-electron chi connectivity index (χ1n) is 15.3. The number of phenolic OH excluding ortho intramolecular Hbond substituents is 4. The molecule has 0 atom stereocenters. The summed E-state index contributed by atoms with van der Waals surface area (Å²) in [6.07, 6.45) is 1.53. The molecule has 272 valence electrons. The van der Waals surface area contributed by atoms with Crippen LogP contribution in [0.4, 0.5) is 0 Å². The van der Waals surface area contributed by atoms with Crippen molar-refractivity contribution in [2.75, 3.05) is 26.4 Å². The lowest BCUT2D eigenvalue weighted by Gasteiger charge is -2.18. The van der Waals surface area contributed by atoms with E-state index in [2.05, 4.69) is 63.7 Å². The van der Waals surface area contributed by atoms with Crippen LogP contribution >= 0.6 is 63.7 Å². The minimum Gasteiger partial charge on any atom is -0.508 e. The Morgan fingerprint density at radius 2 is 0.942 bits per heavy atom. The molecular weight excluding hydrogens is 944 g/mol. The van der Waals surface area contributed by atoms with Crippen LogP contribution in [-0.2, 0) is 44.9 Å². The number of hydrogen-bond donors (Lipinski definition) is 4. The third kappa shape index (κ3) is 9.65. The van der Waals surface area contributed by atoms with Crippen molar-refractivity contribution in [1.29, 1.82) is 0 Å². The van der Waals surface area contributed by atoms with E-state index in [-0.39, 0.29) is 72.6 Å². The van der Waals surface area contributed by atoms with Crippen LogP contribution < -0.4 is 18.9 Å². The molecule has 4 aromatic rings. The van der Waals surface area contributed by atoms with Crippen LogP contribution in [0.1, 0.15) is 22.3 Å². The molecule has 0 saturated carbocycles. The number of carbonyl (C=O) groups is 4. The number of ether oxygens (including phenoxy) is 4. The average Bonchev–Trinajstić information content (AvgIpc) is 3.10. The van der Waals surface area contributed by atoms with Gasteiger partial charge in [0.25, 0.3) is 0 Å². The van der Waals surface area contributed by atoms with E-state index in [1.165, 1.54) is 12.1 Å². The van der Waals surface area contributed by atoms with Crippen molar-refractivity contribution in [2.45, 2.75) is 25.7 Å². The van der Waals surface area contributed by atoms with Gasteiger partial charge in [0, 0.05) is 60.1 Å². The smallest absolute Gasteiger partial charge is 0.174 e. The summed E-state index contributed by atoms with van der Waals surface area (Å²) < 4.78 is 22.8. The molecule has 12 nitrogen and oxygen atoms in total. The van der Waals surface area contributed by atoms with Crippen molar-refractivity contribution in [3.8, 4) is 46.0 Å². The molecule has 4 aromatic carbocycles. The zero-order chi connectivity index (χ0) is 37.7. The molecule has 16 heteroatoms. The molecule has 0 fully saturated rings. The van der Waals surface area contributed by atoms with Crippen LogP contribution in [0, 0.1) is 0 Å². The molecule has 52 heavy (non-hydrogen) atoms. The van der Waals surface area contributed by atoms with Crippen molar-refractivity contribution < 1.29 is 58.6 Å². The third-order valence-corrected chi connectivity index (χ3v) is 10.4. The number of aromatic hydroxyl groups is 4. The highest BCUT2D eigenvalue weighted by atomic mass is 79.9. The fraction of sp³-hybridized carbons (Fsp3) is 0.222. The molecule has 4 aliphatic rings. The van der Waals surface area contributed by atoms with Crippen LogP contribution in [-0.4, -0.2) is 70.0 Å². The van der Waals surface area contributed by atoms with Crippen molar-refractivity contribution in [3.63, 3.8) is 0 Å². The van der Waals surface area contributed by atoms with Gasteiger partial charge in [0.2, 0.25) is 0 Å². The van der Waals surface area contributed by atoms with Crippen molar-refractivity contribution in [2.24, 2.45) is 0 Å². The third-order valence-electron chi connectivity index (χ3n) is 7.65. The molecule has 4 aliphatic heterocycles. The summed E-state index contributed by atoms with van der Waals surface area (Å²) in [5.74, 6) is 3.13. The van der Waals surface area contributed by atoms with Gasteiger partial charge in [-0.1, -0.05) is 12.1 Å². The van der Waals surface area contributed by atoms with E-state index in [1.54, 1.807) is 36.4 Å². The molecule has 0 aromatic heterocycles. The SMILES string of the molecule is O=C1COc2c(cc(Br)c(O)c2Br)C1.O=C1COc2c(ccc(O)c2Br)C1.O=C1COc2cc(O)c(Br)cc2C1.O=C1COc2cc(O)ccc2C1. The highest BCUT2D eigenvalue weighted by Gasteiger charge is 2.24. The zero-order valence-corrected chi connectivity index (χ0v) is 33.2. The van der Waals surface area contributed by atoms with Gasteiger partial charge in [0.1, 0.15) is 81.4 Å². The van der Waals surface area contributed by atoms with E-state index >= 15 is 0 Å². The Kier molecular flexibility index (Phi) is 12.9. The number of benzene rings is 4. The Morgan fingerprint density at radius 3 is 1.58 bits per heavy atom. The fourth-order valence-electron chi connectivity index (χ4n) is 5.16. The highest BCUT2D eigenvalue weighted by molar-refractivity contribution is 9.11. The van der Waals surface area contributed by atoms with Crippen molar-refractivity contribution >= 4 is 86.9 Å². The maximum Gasteiger partial charge on any atom is 0.174 e. The van der Waals surface area contributed by atoms with Crippen LogP contribution in [0.3, 0.4) is 0 Å². The van der Waals surface area contributed by atoms with Crippen molar-refractivity contribution in [3.05, 3.63) is 88.7 Å². The van der Waals surface area contributed by atoms with Gasteiger partial charge in [-0.3, -0.25) is 19.2 Å². The van der Waals surface area contributed by atoms with Gasteiger partial charge in [-0.05, 0) is 88.0 Å². The van der Waals surface area contributed by atoms with Crippen LogP contribution in [0.5, 0.6) is 46.0 Å². The molecule has 0 amide bonds. The Morgan fingerprint density at radius 1 is 0.462 bits per heavy atom. The van der Waals surface area contributed by atoms with Crippen LogP contribution in [0.15, 0.2) is 66.4 Å². The predicted octanol–water partition coefficient (Wildman–Crippen LogP) is 6.63. The highest BCUT2D eigenvalue weighted by Crippen LogP contribution is 2.43. The summed E-state index contributed by atoms with van der Waals surface area (Å²) in [5, 5.41) is 37.3. The topological polar surface area (TPSA) is 186 Å². The second-order valence-corrected chi connectivity index (χ2v) is 14.9. The average molecular weight is 972 g/mol. The number of fused-ring (bicyclic) bond motifs is 4. The largest absolute Gasteiger partial charge is 0.508 e. The number of rotatable bonds is 0. The first kappa shape index (κ1) is 39.1. The zero-order valence-electron chi connectivity index (χ0n) is 26.8. The number of phenols is 4. The first-order chi connectivity index (χ1) is 24.7. The summed E-state index contributed by atoms with van der Waals surface area (Å²) in [6, 6.07) is 13.0. The monoisotopic (exact) mass is 968 g/mol. The molecule has 4 heterocycles. The molecule has 0 saturated heterocycles. The maximum absolute atomic E-state index is 11.1. The summed E-state index contributed by atoms with van der Waals surface area (Å²) in [4.78, 5) is 44.1. The van der Waals surface area contributed by atoms with Gasteiger partial charge in [-0.2, -0.15) is 0 Å². The summed E-state index contributed by atoms with van der Waals surface area (Å²) >= 11 is 12.8. The van der Waals surface area contributed by atoms with Gasteiger partial charge in [-0.25, -0.2) is 0 Å². The van der Waals surface area contributed by atoms with E-state index in [9.17, 15) is 34.5 Å². The van der Waals surface area contributed by atoms with E-state index in [4.69, 9.17) is 24.1 Å². The molecular formula is C36H28Br4O12. The number of ketones is 4. The second-order valence-electron chi connectivity index (χ2n) is 11.6. The lowest BCUT2D eigenvalue weighted by atomic mass is 10.1. The van der Waals surface area contributed by atoms with Crippen molar-refractivity contribution in [1.82, 2.24) is 0 Å². The number of halogens is 4. The van der Waals surface area contributed by atoms with E-state index in [1.807, 2.05) is 0 Å². The molecule has 4 N–H and O–H groups in total. The number of hydrogen-bond acceptors (Lipinski definition) is 12. The van der Waals surface area contributed by atoms with E-state index in [0.717, 1.165) is 22.3 Å². The van der Waals surface area contributed by atoms with Gasteiger partial charge < -0.3 is 39.4 Å². The van der Waals surface area contributed by atoms with E-state index in [0.29, 0.717) is 66.6 Å². The quantitative estimate of drug-likeness (QED) is 0.148. The number of carbonyl (C=O) groups excluding carboxylic acids is 4. The first-order valence-corrected chi connectivity index (χ1v) is 18.5. The summed E-state index contributed by atoms with van der Waals surface area (Å²) in [7, 11) is 0. The lowest BCUT2D eigenvalue weighted by Crippen LogP contribution is -2.20. The van der Waals surface area contributed by atoms with Crippen LogP contribution in [0.2, 0.25) is 0 Å². The molecule has 0 aliphatic carbocycles. The summed E-state index contributed by atoms with van der Waals surface area (Å²) in [5.41, 5.74) is 3.28. The minimum absolute atomic E-state index is 0.0435. The molecule has 0 unspecified atom stereocenters.